The SMILES string of the molecule is COc1ccccc1NC(=O)N1Cc2ccccc2-n2cccc2[C@@H]1c1ccccc1Cl. The number of amides is 2. The number of fused-ring (bicyclic) bond motifs is 3. The average Bonchev–Trinajstić information content (AvgIpc) is 3.24. The fourth-order valence-electron chi connectivity index (χ4n) is 4.30. The summed E-state index contributed by atoms with van der Waals surface area (Å²) < 4.78 is 7.57. The van der Waals surface area contributed by atoms with Crippen molar-refractivity contribution in [1.82, 2.24) is 9.47 Å². The van der Waals surface area contributed by atoms with E-state index in [0.29, 0.717) is 23.0 Å². The first-order valence-corrected chi connectivity index (χ1v) is 10.8. The van der Waals surface area contributed by atoms with Gasteiger partial charge >= 0.3 is 6.03 Å². The molecule has 4 aromatic rings. The summed E-state index contributed by atoms with van der Waals surface area (Å²) in [6.45, 7) is 0.425. The number of hydrogen-bond acceptors (Lipinski definition) is 2. The molecular formula is C26H22ClN3O2. The Morgan fingerprint density at radius 3 is 2.56 bits per heavy atom. The molecule has 160 valence electrons. The highest BCUT2D eigenvalue weighted by Gasteiger charge is 2.34. The summed E-state index contributed by atoms with van der Waals surface area (Å²) in [5.74, 6) is 0.605. The number of nitrogens with zero attached hydrogens (tertiary/aromatic N) is 2. The van der Waals surface area contributed by atoms with Crippen molar-refractivity contribution < 1.29 is 9.53 Å². The van der Waals surface area contributed by atoms with Crippen molar-refractivity contribution in [2.24, 2.45) is 0 Å². The standard InChI is InChI=1S/C26H22ClN3O2/c1-32-24-15-7-5-12-21(24)28-26(31)30-17-18-9-2-6-13-22(18)29-16-8-14-23(29)25(30)19-10-3-4-11-20(19)27/h2-16,25H,17H2,1H3,(H,28,31)/t25-/m0/s1. The summed E-state index contributed by atoms with van der Waals surface area (Å²) in [5, 5.41) is 3.66. The zero-order valence-electron chi connectivity index (χ0n) is 17.5. The topological polar surface area (TPSA) is 46.5 Å². The number of ether oxygens (including phenoxy) is 1. The molecule has 1 aliphatic heterocycles. The van der Waals surface area contributed by atoms with Crippen LogP contribution in [0.4, 0.5) is 10.5 Å². The molecule has 2 heterocycles. The fourth-order valence-corrected chi connectivity index (χ4v) is 4.54. The van der Waals surface area contributed by atoms with E-state index in [0.717, 1.165) is 22.5 Å². The van der Waals surface area contributed by atoms with Crippen molar-refractivity contribution in [3.8, 4) is 11.4 Å². The van der Waals surface area contributed by atoms with Gasteiger partial charge in [0.1, 0.15) is 11.8 Å². The van der Waals surface area contributed by atoms with Gasteiger partial charge in [-0.2, -0.15) is 0 Å². The van der Waals surface area contributed by atoms with Gasteiger partial charge < -0.3 is 19.5 Å². The van der Waals surface area contributed by atoms with E-state index in [9.17, 15) is 4.79 Å². The van der Waals surface area contributed by atoms with Crippen LogP contribution in [0.5, 0.6) is 5.75 Å². The number of halogens is 1. The number of carbonyl (C=O) groups excluding carboxylic acids is 1. The lowest BCUT2D eigenvalue weighted by atomic mass is 10.0. The number of para-hydroxylation sites is 3. The molecule has 0 aliphatic carbocycles. The van der Waals surface area contributed by atoms with Crippen LogP contribution in [0.15, 0.2) is 91.1 Å². The lowest BCUT2D eigenvalue weighted by molar-refractivity contribution is 0.194. The first-order valence-electron chi connectivity index (χ1n) is 10.4. The van der Waals surface area contributed by atoms with Gasteiger partial charge in [-0.05, 0) is 47.5 Å². The molecule has 1 aliphatic rings. The number of anilines is 1. The molecule has 0 saturated heterocycles. The van der Waals surface area contributed by atoms with Crippen LogP contribution in [0.25, 0.3) is 5.69 Å². The number of urea groups is 1. The Labute approximate surface area is 191 Å². The Hall–Kier alpha value is -3.70. The molecule has 0 radical (unpaired) electrons. The zero-order chi connectivity index (χ0) is 22.1. The maximum atomic E-state index is 13.7. The minimum atomic E-state index is -0.374. The predicted molar refractivity (Wildman–Crippen MR) is 127 cm³/mol. The molecule has 0 unspecified atom stereocenters. The third-order valence-electron chi connectivity index (χ3n) is 5.77. The molecule has 2 amide bonds. The van der Waals surface area contributed by atoms with E-state index in [1.807, 2.05) is 83.9 Å². The molecule has 0 spiro atoms. The lowest BCUT2D eigenvalue weighted by Gasteiger charge is -2.31. The average molecular weight is 444 g/mol. The normalized spacial score (nSPS) is 14.8. The first kappa shape index (κ1) is 20.2. The van der Waals surface area contributed by atoms with E-state index in [-0.39, 0.29) is 12.1 Å². The quantitative estimate of drug-likeness (QED) is 0.405. The van der Waals surface area contributed by atoms with Crippen LogP contribution in [0.2, 0.25) is 5.02 Å². The van der Waals surface area contributed by atoms with Crippen molar-refractivity contribution in [1.29, 1.82) is 0 Å². The van der Waals surface area contributed by atoms with Crippen molar-refractivity contribution in [2.45, 2.75) is 12.6 Å². The van der Waals surface area contributed by atoms with Crippen molar-refractivity contribution in [3.05, 3.63) is 113 Å². The fraction of sp³-hybridized carbons (Fsp3) is 0.115. The van der Waals surface area contributed by atoms with E-state index < -0.39 is 0 Å². The molecule has 0 bridgehead atoms. The molecule has 5 rings (SSSR count). The van der Waals surface area contributed by atoms with Crippen LogP contribution >= 0.6 is 11.6 Å². The first-order chi connectivity index (χ1) is 15.7. The van der Waals surface area contributed by atoms with Gasteiger partial charge in [0.2, 0.25) is 0 Å². The zero-order valence-corrected chi connectivity index (χ0v) is 18.3. The Morgan fingerprint density at radius 2 is 1.72 bits per heavy atom. The molecular weight excluding hydrogens is 422 g/mol. The van der Waals surface area contributed by atoms with Gasteiger partial charge in [-0.3, -0.25) is 0 Å². The molecule has 1 atom stereocenters. The summed E-state index contributed by atoms with van der Waals surface area (Å²) in [6, 6.07) is 26.6. The molecule has 1 aromatic heterocycles. The van der Waals surface area contributed by atoms with Crippen LogP contribution in [-0.4, -0.2) is 22.6 Å². The number of hydrogen-bond donors (Lipinski definition) is 1. The van der Waals surface area contributed by atoms with Gasteiger partial charge in [0.15, 0.2) is 0 Å². The smallest absolute Gasteiger partial charge is 0.323 e. The Bertz CT molecular complexity index is 1280. The minimum Gasteiger partial charge on any atom is -0.495 e. The summed E-state index contributed by atoms with van der Waals surface area (Å²) in [7, 11) is 1.59. The van der Waals surface area contributed by atoms with Gasteiger partial charge in [0.05, 0.1) is 30.7 Å². The van der Waals surface area contributed by atoms with Crippen molar-refractivity contribution >= 4 is 23.3 Å². The van der Waals surface area contributed by atoms with Crippen LogP contribution in [0, 0.1) is 0 Å². The second-order valence-electron chi connectivity index (χ2n) is 7.61. The molecule has 6 heteroatoms. The molecule has 0 fully saturated rings. The van der Waals surface area contributed by atoms with E-state index in [1.54, 1.807) is 7.11 Å². The highest BCUT2D eigenvalue weighted by molar-refractivity contribution is 6.31. The van der Waals surface area contributed by atoms with Crippen LogP contribution in [0.3, 0.4) is 0 Å². The highest BCUT2D eigenvalue weighted by atomic mass is 35.5. The van der Waals surface area contributed by atoms with E-state index in [4.69, 9.17) is 16.3 Å². The molecule has 32 heavy (non-hydrogen) atoms. The van der Waals surface area contributed by atoms with Crippen LogP contribution in [0.1, 0.15) is 22.9 Å². The molecule has 3 aromatic carbocycles. The number of carbonyl (C=O) groups is 1. The Balaban J connectivity index is 1.65. The van der Waals surface area contributed by atoms with E-state index in [2.05, 4.69) is 22.0 Å². The largest absolute Gasteiger partial charge is 0.495 e. The number of aromatic nitrogens is 1. The number of rotatable bonds is 3. The lowest BCUT2D eigenvalue weighted by Crippen LogP contribution is -2.38. The predicted octanol–water partition coefficient (Wildman–Crippen LogP) is 6.28. The highest BCUT2D eigenvalue weighted by Crippen LogP contribution is 2.39. The summed E-state index contributed by atoms with van der Waals surface area (Å²) >= 11 is 6.65. The van der Waals surface area contributed by atoms with Crippen molar-refractivity contribution in [3.63, 3.8) is 0 Å². The van der Waals surface area contributed by atoms with E-state index in [1.165, 1.54) is 0 Å². The Kier molecular flexibility index (Phi) is 5.33. The summed E-state index contributed by atoms with van der Waals surface area (Å²) in [6.07, 6.45) is 2.03. The summed E-state index contributed by atoms with van der Waals surface area (Å²) in [5.41, 5.74) is 4.56. The van der Waals surface area contributed by atoms with Crippen LogP contribution < -0.4 is 10.1 Å². The van der Waals surface area contributed by atoms with Gasteiger partial charge in [0, 0.05) is 11.2 Å². The van der Waals surface area contributed by atoms with Gasteiger partial charge in [-0.1, -0.05) is 60.1 Å². The van der Waals surface area contributed by atoms with Crippen LogP contribution in [-0.2, 0) is 6.54 Å². The minimum absolute atomic E-state index is 0.233. The van der Waals surface area contributed by atoms with Gasteiger partial charge in [0.25, 0.3) is 0 Å². The number of benzene rings is 3. The van der Waals surface area contributed by atoms with Crippen molar-refractivity contribution in [2.75, 3.05) is 12.4 Å². The van der Waals surface area contributed by atoms with Gasteiger partial charge in [-0.15, -0.1) is 0 Å². The van der Waals surface area contributed by atoms with Gasteiger partial charge in [-0.25, -0.2) is 4.79 Å². The number of nitrogens with one attached hydrogen (secondary N) is 1. The monoisotopic (exact) mass is 443 g/mol. The second-order valence-corrected chi connectivity index (χ2v) is 8.02. The second kappa shape index (κ2) is 8.44. The third kappa shape index (κ3) is 3.51. The Morgan fingerprint density at radius 1 is 0.969 bits per heavy atom. The molecule has 0 saturated carbocycles. The van der Waals surface area contributed by atoms with E-state index >= 15 is 0 Å². The molecule has 1 N–H and O–H groups in total. The maximum absolute atomic E-state index is 13.7. The summed E-state index contributed by atoms with van der Waals surface area (Å²) in [4.78, 5) is 15.6. The third-order valence-corrected chi connectivity index (χ3v) is 6.12. The molecule has 5 nitrogen and oxygen atoms in total. The number of methoxy groups -OCH3 is 1. The maximum Gasteiger partial charge on any atom is 0.323 e.